The zero-order valence-corrected chi connectivity index (χ0v) is 14.9. The van der Waals surface area contributed by atoms with Gasteiger partial charge < -0.3 is 24.8 Å². The summed E-state index contributed by atoms with van der Waals surface area (Å²) in [5.41, 5.74) is 1.48. The fourth-order valence-corrected chi connectivity index (χ4v) is 4.17. The summed E-state index contributed by atoms with van der Waals surface area (Å²) in [5, 5.41) is 6.07. The lowest BCUT2D eigenvalue weighted by Crippen LogP contribution is -2.53. The first-order valence-corrected chi connectivity index (χ1v) is 9.07. The highest BCUT2D eigenvalue weighted by molar-refractivity contribution is 5.89. The lowest BCUT2D eigenvalue weighted by Gasteiger charge is -2.37. The molecular weight excluding hydrogens is 320 g/mol. The van der Waals surface area contributed by atoms with Crippen molar-refractivity contribution < 1.29 is 19.0 Å². The van der Waals surface area contributed by atoms with Crippen molar-refractivity contribution in [2.24, 2.45) is 0 Å². The third kappa shape index (κ3) is 3.33. The summed E-state index contributed by atoms with van der Waals surface area (Å²) in [5.74, 6) is 0.904. The highest BCUT2D eigenvalue weighted by atomic mass is 16.5. The van der Waals surface area contributed by atoms with E-state index in [1.807, 2.05) is 18.2 Å². The summed E-state index contributed by atoms with van der Waals surface area (Å²) >= 11 is 0. The van der Waals surface area contributed by atoms with Crippen molar-refractivity contribution >= 4 is 11.7 Å². The van der Waals surface area contributed by atoms with Gasteiger partial charge in [-0.3, -0.25) is 0 Å². The summed E-state index contributed by atoms with van der Waals surface area (Å²) in [6.45, 7) is 6.22. The van der Waals surface area contributed by atoms with Crippen LogP contribution in [0.3, 0.4) is 0 Å². The van der Waals surface area contributed by atoms with E-state index in [1.165, 1.54) is 0 Å². The van der Waals surface area contributed by atoms with E-state index in [2.05, 4.69) is 24.5 Å². The Morgan fingerprint density at radius 1 is 1.20 bits per heavy atom. The van der Waals surface area contributed by atoms with E-state index < -0.39 is 0 Å². The van der Waals surface area contributed by atoms with Crippen molar-refractivity contribution in [3.63, 3.8) is 0 Å². The van der Waals surface area contributed by atoms with Gasteiger partial charge >= 0.3 is 6.03 Å². The second-order valence-electron chi connectivity index (χ2n) is 7.83. The fraction of sp³-hybridized carbons (Fsp3) is 0.632. The Hall–Kier alpha value is -1.79. The molecule has 2 fully saturated rings. The van der Waals surface area contributed by atoms with Gasteiger partial charge in [0.25, 0.3) is 0 Å². The third-order valence-electron chi connectivity index (χ3n) is 5.40. The van der Waals surface area contributed by atoms with Crippen LogP contribution in [-0.2, 0) is 15.9 Å². The number of benzene rings is 1. The standard InChI is InChI=1S/C19H26N2O4/c1-18(2)12-13-11-14(3-4-15(13)25-18)20-17(22)21-16-5-8-24-19(16)6-9-23-10-7-19/h3-4,11,16H,5-10,12H2,1-2H3,(H2,20,21,22). The van der Waals surface area contributed by atoms with E-state index in [9.17, 15) is 4.79 Å². The molecule has 3 aliphatic heterocycles. The first-order chi connectivity index (χ1) is 12.0. The largest absolute Gasteiger partial charge is 0.487 e. The van der Waals surface area contributed by atoms with Crippen LogP contribution in [0.2, 0.25) is 0 Å². The number of nitrogens with one attached hydrogen (secondary N) is 2. The van der Waals surface area contributed by atoms with Crippen LogP contribution in [0.5, 0.6) is 5.75 Å². The maximum absolute atomic E-state index is 12.5. The Morgan fingerprint density at radius 2 is 2.00 bits per heavy atom. The molecule has 1 aromatic carbocycles. The third-order valence-corrected chi connectivity index (χ3v) is 5.40. The average molecular weight is 346 g/mol. The van der Waals surface area contributed by atoms with Gasteiger partial charge in [0.05, 0.1) is 11.6 Å². The molecule has 25 heavy (non-hydrogen) atoms. The molecule has 2 N–H and O–H groups in total. The molecule has 1 atom stereocenters. The van der Waals surface area contributed by atoms with Crippen LogP contribution >= 0.6 is 0 Å². The van der Waals surface area contributed by atoms with Gasteiger partial charge in [0.1, 0.15) is 11.4 Å². The van der Waals surface area contributed by atoms with E-state index in [-0.39, 0.29) is 23.3 Å². The molecule has 3 heterocycles. The lowest BCUT2D eigenvalue weighted by molar-refractivity contribution is -0.0867. The number of carbonyl (C=O) groups excluding carboxylic acids is 1. The number of urea groups is 1. The summed E-state index contributed by atoms with van der Waals surface area (Å²) in [6, 6.07) is 5.67. The Balaban J connectivity index is 1.40. The highest BCUT2D eigenvalue weighted by Crippen LogP contribution is 2.37. The Labute approximate surface area is 148 Å². The van der Waals surface area contributed by atoms with Crippen LogP contribution < -0.4 is 15.4 Å². The maximum atomic E-state index is 12.5. The minimum Gasteiger partial charge on any atom is -0.487 e. The normalized spacial score (nSPS) is 26.1. The molecule has 6 heteroatoms. The molecule has 0 aromatic heterocycles. The summed E-state index contributed by atoms with van der Waals surface area (Å²) in [4.78, 5) is 12.5. The van der Waals surface area contributed by atoms with Crippen molar-refractivity contribution in [3.05, 3.63) is 23.8 Å². The van der Waals surface area contributed by atoms with Crippen molar-refractivity contribution in [1.29, 1.82) is 0 Å². The quantitative estimate of drug-likeness (QED) is 0.864. The van der Waals surface area contributed by atoms with E-state index in [1.54, 1.807) is 0 Å². The summed E-state index contributed by atoms with van der Waals surface area (Å²) < 4.78 is 17.3. The van der Waals surface area contributed by atoms with Gasteiger partial charge in [-0.1, -0.05) is 0 Å². The molecule has 3 aliphatic rings. The second-order valence-corrected chi connectivity index (χ2v) is 7.83. The van der Waals surface area contributed by atoms with Gasteiger partial charge in [-0.15, -0.1) is 0 Å². The predicted octanol–water partition coefficient (Wildman–Crippen LogP) is 2.86. The summed E-state index contributed by atoms with van der Waals surface area (Å²) in [7, 11) is 0. The van der Waals surface area contributed by atoms with Crippen molar-refractivity contribution in [2.45, 2.75) is 56.8 Å². The topological polar surface area (TPSA) is 68.8 Å². The second kappa shape index (κ2) is 6.18. The molecule has 1 aromatic rings. The molecule has 0 bridgehead atoms. The molecule has 0 aliphatic carbocycles. The smallest absolute Gasteiger partial charge is 0.319 e. The first-order valence-electron chi connectivity index (χ1n) is 9.07. The van der Waals surface area contributed by atoms with Crippen molar-refractivity contribution in [1.82, 2.24) is 5.32 Å². The fourth-order valence-electron chi connectivity index (χ4n) is 4.17. The van der Waals surface area contributed by atoms with Crippen LogP contribution in [0, 0.1) is 0 Å². The van der Waals surface area contributed by atoms with Gasteiger partial charge in [0.15, 0.2) is 0 Å². The van der Waals surface area contributed by atoms with Crippen LogP contribution in [0.25, 0.3) is 0 Å². The van der Waals surface area contributed by atoms with E-state index in [0.717, 1.165) is 42.7 Å². The summed E-state index contributed by atoms with van der Waals surface area (Å²) in [6.07, 6.45) is 3.37. The molecule has 0 saturated carbocycles. The Kier molecular flexibility index (Phi) is 4.12. The van der Waals surface area contributed by atoms with Crippen LogP contribution in [-0.4, -0.2) is 43.1 Å². The number of anilines is 1. The number of fused-ring (bicyclic) bond motifs is 1. The molecule has 2 saturated heterocycles. The number of ether oxygens (including phenoxy) is 3. The van der Waals surface area contributed by atoms with Gasteiger partial charge in [0.2, 0.25) is 0 Å². The molecule has 0 radical (unpaired) electrons. The van der Waals surface area contributed by atoms with Crippen molar-refractivity contribution in [2.75, 3.05) is 25.1 Å². The first kappa shape index (κ1) is 16.7. The molecule has 6 nitrogen and oxygen atoms in total. The number of carbonyl (C=O) groups is 1. The van der Waals surface area contributed by atoms with Gasteiger partial charge in [-0.05, 0) is 38.5 Å². The predicted molar refractivity (Wildman–Crippen MR) is 94.1 cm³/mol. The maximum Gasteiger partial charge on any atom is 0.319 e. The van der Waals surface area contributed by atoms with Crippen LogP contribution in [0.15, 0.2) is 18.2 Å². The van der Waals surface area contributed by atoms with E-state index in [4.69, 9.17) is 14.2 Å². The number of rotatable bonds is 2. The zero-order chi connectivity index (χ0) is 17.5. The average Bonchev–Trinajstić information content (AvgIpc) is 3.07. The van der Waals surface area contributed by atoms with Gasteiger partial charge in [-0.25, -0.2) is 4.79 Å². The molecule has 1 spiro atoms. The minimum atomic E-state index is -0.259. The molecule has 2 amide bonds. The van der Waals surface area contributed by atoms with Crippen LogP contribution in [0.1, 0.15) is 38.7 Å². The number of hydrogen-bond donors (Lipinski definition) is 2. The van der Waals surface area contributed by atoms with E-state index in [0.29, 0.717) is 19.8 Å². The van der Waals surface area contributed by atoms with Crippen molar-refractivity contribution in [3.8, 4) is 5.75 Å². The zero-order valence-electron chi connectivity index (χ0n) is 14.9. The Bertz CT molecular complexity index is 667. The minimum absolute atomic E-state index is 0.0353. The number of hydrogen-bond acceptors (Lipinski definition) is 4. The molecule has 1 unspecified atom stereocenters. The van der Waals surface area contributed by atoms with Gasteiger partial charge in [0, 0.05) is 50.3 Å². The monoisotopic (exact) mass is 346 g/mol. The van der Waals surface area contributed by atoms with E-state index >= 15 is 0 Å². The Morgan fingerprint density at radius 3 is 2.80 bits per heavy atom. The molecule has 136 valence electrons. The molecular formula is C19H26N2O4. The van der Waals surface area contributed by atoms with Gasteiger partial charge in [-0.2, -0.15) is 0 Å². The highest BCUT2D eigenvalue weighted by Gasteiger charge is 2.46. The number of amides is 2. The van der Waals surface area contributed by atoms with Crippen LogP contribution in [0.4, 0.5) is 10.5 Å². The lowest BCUT2D eigenvalue weighted by atomic mass is 9.86. The molecule has 4 rings (SSSR count). The SMILES string of the molecule is CC1(C)Cc2cc(NC(=O)NC3CCOC34CCOCC4)ccc2O1.